The molecule has 12 heteroatoms. The summed E-state index contributed by atoms with van der Waals surface area (Å²) in [6.45, 7) is 4.53. The van der Waals surface area contributed by atoms with Crippen LogP contribution >= 0.6 is 11.6 Å². The maximum atomic E-state index is 12.7. The summed E-state index contributed by atoms with van der Waals surface area (Å²) >= 11 is 6.10. The van der Waals surface area contributed by atoms with E-state index in [4.69, 9.17) is 16.9 Å². The predicted molar refractivity (Wildman–Crippen MR) is 144 cm³/mol. The lowest BCUT2D eigenvalue weighted by Gasteiger charge is -2.36. The fourth-order valence-electron chi connectivity index (χ4n) is 3.79. The van der Waals surface area contributed by atoms with Gasteiger partial charge in [-0.15, -0.1) is 0 Å². The number of carbonyl (C=O) groups excluding carboxylic acids is 1. The van der Waals surface area contributed by atoms with Crippen molar-refractivity contribution in [3.05, 3.63) is 64.2 Å². The Hall–Kier alpha value is -3.61. The molecule has 2 aromatic carbocycles. The van der Waals surface area contributed by atoms with Crippen molar-refractivity contribution in [1.29, 1.82) is 5.26 Å². The molecular formula is C26H28ClN5O5S. The Morgan fingerprint density at radius 3 is 2.24 bits per heavy atom. The van der Waals surface area contributed by atoms with Crippen LogP contribution in [0, 0.1) is 29.1 Å². The average Bonchev–Trinajstić information content (AvgIpc) is 2.90. The van der Waals surface area contributed by atoms with Gasteiger partial charge in [0.1, 0.15) is 12.6 Å². The predicted octanol–water partition coefficient (Wildman–Crippen LogP) is 2.06. The van der Waals surface area contributed by atoms with Gasteiger partial charge in [-0.2, -0.15) is 22.7 Å². The number of rotatable bonds is 8. The van der Waals surface area contributed by atoms with Gasteiger partial charge in [0.2, 0.25) is 0 Å². The molecule has 1 aliphatic rings. The summed E-state index contributed by atoms with van der Waals surface area (Å²) in [5, 5.41) is 20.7. The number of aliphatic carboxylic acids is 1. The minimum absolute atomic E-state index is 0.123. The second-order valence-electron chi connectivity index (χ2n) is 8.90. The summed E-state index contributed by atoms with van der Waals surface area (Å²) in [7, 11) is -3.92. The van der Waals surface area contributed by atoms with Gasteiger partial charge in [-0.3, -0.25) is 9.59 Å². The van der Waals surface area contributed by atoms with Gasteiger partial charge >= 0.3 is 5.97 Å². The van der Waals surface area contributed by atoms with Gasteiger partial charge in [-0.05, 0) is 48.4 Å². The molecule has 0 aliphatic carbocycles. The van der Waals surface area contributed by atoms with Crippen LogP contribution < -0.4 is 14.9 Å². The Bertz CT molecular complexity index is 1390. The van der Waals surface area contributed by atoms with E-state index in [9.17, 15) is 23.1 Å². The van der Waals surface area contributed by atoms with E-state index in [1.165, 1.54) is 4.31 Å². The third kappa shape index (κ3) is 7.46. The van der Waals surface area contributed by atoms with Gasteiger partial charge in [0.05, 0.1) is 16.7 Å². The highest BCUT2D eigenvalue weighted by Gasteiger charge is 2.32. The Balaban J connectivity index is 1.62. The van der Waals surface area contributed by atoms with E-state index in [0.717, 1.165) is 11.3 Å². The topological polar surface area (TPSA) is 143 Å². The number of benzene rings is 2. The van der Waals surface area contributed by atoms with Crippen molar-refractivity contribution in [2.75, 3.05) is 37.6 Å². The third-order valence-corrected chi connectivity index (χ3v) is 7.84. The molecule has 0 aromatic heterocycles. The van der Waals surface area contributed by atoms with Gasteiger partial charge in [0, 0.05) is 43.0 Å². The molecule has 0 spiro atoms. The smallest absolute Gasteiger partial charge is 0.322 e. The van der Waals surface area contributed by atoms with Crippen LogP contribution in [0.25, 0.3) is 0 Å². The zero-order chi connectivity index (χ0) is 27.9. The van der Waals surface area contributed by atoms with Crippen molar-refractivity contribution < 1.29 is 23.1 Å². The van der Waals surface area contributed by atoms with Gasteiger partial charge in [0.25, 0.3) is 16.1 Å². The number of anilines is 1. The molecule has 10 nitrogen and oxygen atoms in total. The Kier molecular flexibility index (Phi) is 9.72. The number of hydrogen-bond donors (Lipinski definition) is 3. The van der Waals surface area contributed by atoms with Crippen molar-refractivity contribution in [1.82, 2.24) is 14.3 Å². The molecule has 2 aromatic rings. The average molecular weight is 558 g/mol. The summed E-state index contributed by atoms with van der Waals surface area (Å²) in [4.78, 5) is 25.6. The van der Waals surface area contributed by atoms with Crippen LogP contribution in [0.5, 0.6) is 0 Å². The van der Waals surface area contributed by atoms with E-state index in [1.807, 2.05) is 35.2 Å². The number of hydrogen-bond acceptors (Lipinski definition) is 6. The molecule has 200 valence electrons. The van der Waals surface area contributed by atoms with Crippen molar-refractivity contribution >= 4 is 39.4 Å². The molecule has 38 heavy (non-hydrogen) atoms. The lowest BCUT2D eigenvalue weighted by atomic mass is 10.1. The zero-order valence-corrected chi connectivity index (χ0v) is 22.5. The molecule has 1 atom stereocenters. The lowest BCUT2D eigenvalue weighted by Crippen LogP contribution is -2.55. The molecule has 0 saturated carbocycles. The highest BCUT2D eigenvalue weighted by atomic mass is 35.5. The van der Waals surface area contributed by atoms with Gasteiger partial charge in [-0.1, -0.05) is 37.3 Å². The van der Waals surface area contributed by atoms with Gasteiger partial charge in [-0.25, -0.2) is 0 Å². The molecule has 3 rings (SSSR count). The Morgan fingerprint density at radius 1 is 1.05 bits per heavy atom. The molecule has 0 radical (unpaired) electrons. The van der Waals surface area contributed by atoms with Gasteiger partial charge < -0.3 is 15.3 Å². The number of carboxylic acids is 1. The Labute approximate surface area is 227 Å². The minimum Gasteiger partial charge on any atom is -0.480 e. The standard InChI is InChI=1S/C26H28ClN5O5S/c1-18(2)24(26(34)35)30-38(36,37)32-15-13-31(14-16-32)21-8-5-19(6-9-21)3-4-20-7-10-23(27)22(17-20)25(33)29-12-11-28/h5-10,17-18,24,30H,12-16H2,1-2H3,(H,29,33)(H,34,35)/t24-/m1/s1. The third-order valence-electron chi connectivity index (χ3n) is 5.91. The summed E-state index contributed by atoms with van der Waals surface area (Å²) in [6, 6.07) is 13.0. The first kappa shape index (κ1) is 29.0. The van der Waals surface area contributed by atoms with Crippen LogP contribution in [0.3, 0.4) is 0 Å². The SMILES string of the molecule is CC(C)[C@@H](NS(=O)(=O)N1CCN(c2ccc(C#Cc3ccc(Cl)c(C(=O)NCC#N)c3)cc2)CC1)C(=O)O. The van der Waals surface area contributed by atoms with Crippen LogP contribution in [0.2, 0.25) is 5.02 Å². The van der Waals surface area contributed by atoms with Crippen molar-refractivity contribution in [2.24, 2.45) is 5.92 Å². The molecule has 1 aliphatic heterocycles. The maximum Gasteiger partial charge on any atom is 0.322 e. The van der Waals surface area contributed by atoms with Gasteiger partial charge in [0.15, 0.2) is 0 Å². The number of amides is 1. The van der Waals surface area contributed by atoms with Crippen molar-refractivity contribution in [3.63, 3.8) is 0 Å². The number of carbonyl (C=O) groups is 2. The number of nitrogens with one attached hydrogen (secondary N) is 2. The summed E-state index contributed by atoms with van der Waals surface area (Å²) in [5.41, 5.74) is 2.49. The fourth-order valence-corrected chi connectivity index (χ4v) is 5.48. The molecule has 1 fully saturated rings. The molecule has 0 bridgehead atoms. The van der Waals surface area contributed by atoms with Crippen molar-refractivity contribution in [3.8, 4) is 17.9 Å². The Morgan fingerprint density at radius 2 is 1.66 bits per heavy atom. The lowest BCUT2D eigenvalue weighted by molar-refractivity contribution is -0.140. The molecule has 1 heterocycles. The normalized spacial score (nSPS) is 14.8. The minimum atomic E-state index is -3.92. The second-order valence-corrected chi connectivity index (χ2v) is 11.0. The number of nitrogens with zero attached hydrogens (tertiary/aromatic N) is 3. The van der Waals surface area contributed by atoms with Crippen LogP contribution in [0.15, 0.2) is 42.5 Å². The van der Waals surface area contributed by atoms with E-state index in [-0.39, 0.29) is 36.1 Å². The van der Waals surface area contributed by atoms with E-state index < -0.39 is 28.1 Å². The first-order valence-electron chi connectivity index (χ1n) is 11.8. The molecular weight excluding hydrogens is 530 g/mol. The first-order chi connectivity index (χ1) is 18.0. The fraction of sp³-hybridized carbons (Fsp3) is 0.346. The summed E-state index contributed by atoms with van der Waals surface area (Å²) in [6.07, 6.45) is 0. The highest BCUT2D eigenvalue weighted by molar-refractivity contribution is 7.87. The quantitative estimate of drug-likeness (QED) is 0.333. The monoisotopic (exact) mass is 557 g/mol. The molecule has 3 N–H and O–H groups in total. The van der Waals surface area contributed by atoms with Crippen LogP contribution in [0.4, 0.5) is 5.69 Å². The van der Waals surface area contributed by atoms with E-state index >= 15 is 0 Å². The van der Waals surface area contributed by atoms with E-state index in [2.05, 4.69) is 21.9 Å². The van der Waals surface area contributed by atoms with Crippen LogP contribution in [-0.2, 0) is 15.0 Å². The second kappa shape index (κ2) is 12.8. The number of nitriles is 1. The van der Waals surface area contributed by atoms with E-state index in [1.54, 1.807) is 32.0 Å². The van der Waals surface area contributed by atoms with Crippen LogP contribution in [0.1, 0.15) is 35.3 Å². The highest BCUT2D eigenvalue weighted by Crippen LogP contribution is 2.20. The maximum absolute atomic E-state index is 12.7. The molecule has 0 unspecified atom stereocenters. The van der Waals surface area contributed by atoms with Crippen LogP contribution in [-0.4, -0.2) is 68.5 Å². The number of halogens is 1. The largest absolute Gasteiger partial charge is 0.480 e. The first-order valence-corrected chi connectivity index (χ1v) is 13.7. The molecule has 1 saturated heterocycles. The summed E-state index contributed by atoms with van der Waals surface area (Å²) in [5.74, 6) is 4.00. The van der Waals surface area contributed by atoms with Crippen molar-refractivity contribution in [2.45, 2.75) is 19.9 Å². The summed E-state index contributed by atoms with van der Waals surface area (Å²) < 4.78 is 28.9. The van der Waals surface area contributed by atoms with E-state index in [0.29, 0.717) is 18.7 Å². The molecule has 1 amide bonds. The number of carboxylic acid groups (broad SMARTS) is 1. The zero-order valence-electron chi connectivity index (χ0n) is 20.9. The number of piperazine rings is 1.